The quantitative estimate of drug-likeness (QED) is 0.773. The van der Waals surface area contributed by atoms with Crippen LogP contribution in [-0.4, -0.2) is 22.6 Å². The van der Waals surface area contributed by atoms with E-state index in [-0.39, 0.29) is 12.5 Å². The van der Waals surface area contributed by atoms with Gasteiger partial charge in [0.1, 0.15) is 0 Å². The molecule has 0 radical (unpaired) electrons. The van der Waals surface area contributed by atoms with Crippen molar-refractivity contribution >= 4 is 17.7 Å². The lowest BCUT2D eigenvalue weighted by molar-refractivity contribution is -0.139. The monoisotopic (exact) mass is 276 g/mol. The van der Waals surface area contributed by atoms with Crippen molar-refractivity contribution in [3.63, 3.8) is 0 Å². The van der Waals surface area contributed by atoms with Crippen LogP contribution >= 0.6 is 0 Å². The number of carboxylic acids is 1. The van der Waals surface area contributed by atoms with Crippen LogP contribution in [0.3, 0.4) is 0 Å². The molecule has 1 aliphatic carbocycles. The summed E-state index contributed by atoms with van der Waals surface area (Å²) in [4.78, 5) is 22.8. The fraction of sp³-hybridized carbons (Fsp3) is 0.467. The number of rotatable bonds is 5. The van der Waals surface area contributed by atoms with Gasteiger partial charge in [-0.2, -0.15) is 0 Å². The number of benzene rings is 1. The minimum atomic E-state index is -0.878. The van der Waals surface area contributed by atoms with Crippen molar-refractivity contribution in [2.24, 2.45) is 0 Å². The van der Waals surface area contributed by atoms with E-state index in [0.29, 0.717) is 5.69 Å². The minimum Gasteiger partial charge on any atom is -0.481 e. The van der Waals surface area contributed by atoms with E-state index in [1.807, 2.05) is 24.3 Å². The summed E-state index contributed by atoms with van der Waals surface area (Å²) in [6.07, 6.45) is 3.34. The molecule has 0 aliphatic heterocycles. The Balaban J connectivity index is 1.92. The number of urea groups is 1. The minimum absolute atomic E-state index is 0.0187. The SMILES string of the molecule is CCc1ccc(NC(=O)NC2(CC(=O)O)CCC2)cc1. The highest BCUT2D eigenvalue weighted by Crippen LogP contribution is 2.34. The summed E-state index contributed by atoms with van der Waals surface area (Å²) in [7, 11) is 0. The molecule has 2 rings (SSSR count). The van der Waals surface area contributed by atoms with Crippen LogP contribution in [0.25, 0.3) is 0 Å². The molecule has 1 aromatic carbocycles. The van der Waals surface area contributed by atoms with Crippen molar-refractivity contribution in [1.82, 2.24) is 5.32 Å². The summed E-state index contributed by atoms with van der Waals surface area (Å²) < 4.78 is 0. The summed E-state index contributed by atoms with van der Waals surface area (Å²) >= 11 is 0. The second kappa shape index (κ2) is 5.94. The van der Waals surface area contributed by atoms with E-state index in [9.17, 15) is 9.59 Å². The highest BCUT2D eigenvalue weighted by Gasteiger charge is 2.40. The molecule has 108 valence electrons. The van der Waals surface area contributed by atoms with Crippen LogP contribution in [-0.2, 0) is 11.2 Å². The predicted octanol–water partition coefficient (Wildman–Crippen LogP) is 2.77. The van der Waals surface area contributed by atoms with Gasteiger partial charge in [-0.05, 0) is 43.4 Å². The van der Waals surface area contributed by atoms with E-state index in [0.717, 1.165) is 25.7 Å². The molecule has 0 spiro atoms. The van der Waals surface area contributed by atoms with Gasteiger partial charge in [0.05, 0.1) is 12.0 Å². The lowest BCUT2D eigenvalue weighted by Crippen LogP contribution is -2.55. The number of amides is 2. The van der Waals surface area contributed by atoms with E-state index < -0.39 is 11.5 Å². The molecule has 0 atom stereocenters. The number of aryl methyl sites for hydroxylation is 1. The molecular weight excluding hydrogens is 256 g/mol. The van der Waals surface area contributed by atoms with Gasteiger partial charge in [0.2, 0.25) is 0 Å². The summed E-state index contributed by atoms with van der Waals surface area (Å²) in [6, 6.07) is 7.29. The molecule has 1 aromatic rings. The zero-order valence-electron chi connectivity index (χ0n) is 11.6. The molecule has 0 bridgehead atoms. The smallest absolute Gasteiger partial charge is 0.319 e. The maximum absolute atomic E-state index is 11.9. The summed E-state index contributed by atoms with van der Waals surface area (Å²) in [5.74, 6) is -0.878. The number of carboxylic acid groups (broad SMARTS) is 1. The molecule has 3 N–H and O–H groups in total. The first-order chi connectivity index (χ1) is 9.53. The molecule has 5 heteroatoms. The third-order valence-electron chi connectivity index (χ3n) is 3.80. The fourth-order valence-electron chi connectivity index (χ4n) is 2.47. The van der Waals surface area contributed by atoms with Crippen molar-refractivity contribution in [1.29, 1.82) is 0 Å². The van der Waals surface area contributed by atoms with Gasteiger partial charge in [-0.1, -0.05) is 19.1 Å². The highest BCUT2D eigenvalue weighted by atomic mass is 16.4. The van der Waals surface area contributed by atoms with Crippen molar-refractivity contribution < 1.29 is 14.7 Å². The van der Waals surface area contributed by atoms with E-state index in [1.54, 1.807) is 0 Å². The lowest BCUT2D eigenvalue weighted by atomic mass is 9.74. The molecule has 0 saturated heterocycles. The Labute approximate surface area is 118 Å². The number of hydrogen-bond acceptors (Lipinski definition) is 2. The van der Waals surface area contributed by atoms with Crippen LogP contribution in [0.1, 0.15) is 38.2 Å². The van der Waals surface area contributed by atoms with Crippen molar-refractivity contribution in [3.8, 4) is 0 Å². The maximum atomic E-state index is 11.9. The number of anilines is 1. The molecule has 0 unspecified atom stereocenters. The Kier molecular flexibility index (Phi) is 4.27. The van der Waals surface area contributed by atoms with Gasteiger partial charge in [0.15, 0.2) is 0 Å². The van der Waals surface area contributed by atoms with Crippen molar-refractivity contribution in [3.05, 3.63) is 29.8 Å². The van der Waals surface area contributed by atoms with Crippen LogP contribution in [0.2, 0.25) is 0 Å². The van der Waals surface area contributed by atoms with Gasteiger partial charge in [-0.25, -0.2) is 4.79 Å². The van der Waals surface area contributed by atoms with Crippen molar-refractivity contribution in [2.75, 3.05) is 5.32 Å². The molecule has 0 aromatic heterocycles. The summed E-state index contributed by atoms with van der Waals surface area (Å²) in [5.41, 5.74) is 1.35. The molecule has 20 heavy (non-hydrogen) atoms. The lowest BCUT2D eigenvalue weighted by Gasteiger charge is -2.41. The Bertz CT molecular complexity index is 492. The number of aliphatic carboxylic acids is 1. The average molecular weight is 276 g/mol. The van der Waals surface area contributed by atoms with Gasteiger partial charge >= 0.3 is 12.0 Å². The van der Waals surface area contributed by atoms with E-state index in [2.05, 4.69) is 17.6 Å². The normalized spacial score (nSPS) is 16.1. The zero-order chi connectivity index (χ0) is 14.6. The van der Waals surface area contributed by atoms with E-state index in [1.165, 1.54) is 5.56 Å². The Hall–Kier alpha value is -2.04. The number of nitrogens with one attached hydrogen (secondary N) is 2. The molecule has 1 fully saturated rings. The first-order valence-electron chi connectivity index (χ1n) is 6.93. The van der Waals surface area contributed by atoms with Crippen molar-refractivity contribution in [2.45, 2.75) is 44.6 Å². The Morgan fingerprint density at radius 1 is 1.25 bits per heavy atom. The van der Waals surface area contributed by atoms with Crippen LogP contribution in [0.5, 0.6) is 0 Å². The predicted molar refractivity (Wildman–Crippen MR) is 76.8 cm³/mol. The van der Waals surface area contributed by atoms with Gasteiger partial charge in [0.25, 0.3) is 0 Å². The molecular formula is C15H20N2O3. The second-order valence-corrected chi connectivity index (χ2v) is 5.33. The summed E-state index contributed by atoms with van der Waals surface area (Å²) in [6.45, 7) is 2.07. The summed E-state index contributed by atoms with van der Waals surface area (Å²) in [5, 5.41) is 14.5. The first-order valence-corrected chi connectivity index (χ1v) is 6.93. The molecule has 2 amide bonds. The number of carbonyl (C=O) groups is 2. The third-order valence-corrected chi connectivity index (χ3v) is 3.80. The van der Waals surface area contributed by atoms with Gasteiger partial charge < -0.3 is 15.7 Å². The molecule has 1 aliphatic rings. The van der Waals surface area contributed by atoms with Gasteiger partial charge in [-0.15, -0.1) is 0 Å². The second-order valence-electron chi connectivity index (χ2n) is 5.33. The third kappa shape index (κ3) is 3.50. The van der Waals surface area contributed by atoms with E-state index >= 15 is 0 Å². The van der Waals surface area contributed by atoms with Crippen LogP contribution in [0.4, 0.5) is 10.5 Å². The molecule has 0 heterocycles. The Morgan fingerprint density at radius 3 is 2.35 bits per heavy atom. The maximum Gasteiger partial charge on any atom is 0.319 e. The molecule has 1 saturated carbocycles. The standard InChI is InChI=1S/C15H20N2O3/c1-2-11-4-6-12(7-5-11)16-14(20)17-15(8-3-9-15)10-13(18)19/h4-7H,2-3,8-10H2,1H3,(H,18,19)(H2,16,17,20). The van der Waals surface area contributed by atoms with Crippen LogP contribution in [0.15, 0.2) is 24.3 Å². The van der Waals surface area contributed by atoms with E-state index in [4.69, 9.17) is 5.11 Å². The number of carbonyl (C=O) groups excluding carboxylic acids is 1. The number of hydrogen-bond donors (Lipinski definition) is 3. The van der Waals surface area contributed by atoms with Gasteiger partial charge in [-0.3, -0.25) is 4.79 Å². The zero-order valence-corrected chi connectivity index (χ0v) is 11.6. The van der Waals surface area contributed by atoms with Crippen LogP contribution in [0, 0.1) is 0 Å². The molecule has 5 nitrogen and oxygen atoms in total. The average Bonchev–Trinajstić information content (AvgIpc) is 2.36. The fourth-order valence-corrected chi connectivity index (χ4v) is 2.47. The first kappa shape index (κ1) is 14.4. The van der Waals surface area contributed by atoms with Crippen LogP contribution < -0.4 is 10.6 Å². The highest BCUT2D eigenvalue weighted by molar-refractivity contribution is 5.90. The Morgan fingerprint density at radius 2 is 1.90 bits per heavy atom. The van der Waals surface area contributed by atoms with Gasteiger partial charge in [0, 0.05) is 5.69 Å². The largest absolute Gasteiger partial charge is 0.481 e. The topological polar surface area (TPSA) is 78.4 Å².